The fraction of sp³-hybridized carbons (Fsp3) is 0.158. The molecule has 0 aliphatic carbocycles. The molecule has 0 fully saturated rings. The van der Waals surface area contributed by atoms with Crippen molar-refractivity contribution in [1.82, 2.24) is 4.98 Å². The number of thioether (sulfide) groups is 1. The quantitative estimate of drug-likeness (QED) is 0.599. The van der Waals surface area contributed by atoms with Gasteiger partial charge >= 0.3 is 0 Å². The molecule has 1 N–H and O–H groups in total. The van der Waals surface area contributed by atoms with Gasteiger partial charge in [0.1, 0.15) is 5.75 Å². The number of oxazole rings is 1. The summed E-state index contributed by atoms with van der Waals surface area (Å²) < 4.78 is 10.9. The van der Waals surface area contributed by atoms with Gasteiger partial charge in [-0.25, -0.2) is 4.98 Å². The standard InChI is InChI=1S/C19H17ClN2O3S/c1-12-6-7-16(24-2)15(8-12)22-18(23)11-26-19-21-10-17(25-19)13-4-3-5-14(20)9-13/h3-10H,11H2,1-2H3,(H,22,23). The number of benzene rings is 2. The monoisotopic (exact) mass is 388 g/mol. The van der Waals surface area contributed by atoms with E-state index in [0.717, 1.165) is 11.1 Å². The first-order valence-corrected chi connectivity index (χ1v) is 9.20. The molecule has 134 valence electrons. The molecular formula is C19H17ClN2O3S. The van der Waals surface area contributed by atoms with E-state index in [-0.39, 0.29) is 11.7 Å². The Morgan fingerprint density at radius 1 is 1.31 bits per heavy atom. The summed E-state index contributed by atoms with van der Waals surface area (Å²) in [6, 6.07) is 12.9. The van der Waals surface area contributed by atoms with Crippen molar-refractivity contribution < 1.29 is 13.9 Å². The van der Waals surface area contributed by atoms with E-state index < -0.39 is 0 Å². The number of aromatic nitrogens is 1. The number of halogens is 1. The van der Waals surface area contributed by atoms with Crippen LogP contribution in [-0.2, 0) is 4.79 Å². The van der Waals surface area contributed by atoms with Crippen LogP contribution < -0.4 is 10.1 Å². The molecule has 0 unspecified atom stereocenters. The third kappa shape index (κ3) is 4.59. The molecule has 3 aromatic rings. The predicted octanol–water partition coefficient (Wildman–Crippen LogP) is 5.04. The predicted molar refractivity (Wildman–Crippen MR) is 104 cm³/mol. The van der Waals surface area contributed by atoms with E-state index in [1.54, 1.807) is 25.4 Å². The van der Waals surface area contributed by atoms with Crippen LogP contribution in [0, 0.1) is 6.92 Å². The maximum atomic E-state index is 12.2. The lowest BCUT2D eigenvalue weighted by molar-refractivity contribution is -0.113. The number of aryl methyl sites for hydroxylation is 1. The van der Waals surface area contributed by atoms with Gasteiger partial charge in [-0.15, -0.1) is 0 Å². The lowest BCUT2D eigenvalue weighted by atomic mass is 10.2. The molecule has 0 radical (unpaired) electrons. The van der Waals surface area contributed by atoms with Crippen LogP contribution in [-0.4, -0.2) is 23.8 Å². The Morgan fingerprint density at radius 3 is 2.92 bits per heavy atom. The topological polar surface area (TPSA) is 64.4 Å². The van der Waals surface area contributed by atoms with Crippen molar-refractivity contribution in [3.8, 4) is 17.1 Å². The summed E-state index contributed by atoms with van der Waals surface area (Å²) in [5.74, 6) is 1.23. The molecular weight excluding hydrogens is 372 g/mol. The fourth-order valence-electron chi connectivity index (χ4n) is 2.33. The van der Waals surface area contributed by atoms with E-state index >= 15 is 0 Å². The first-order valence-electron chi connectivity index (χ1n) is 7.84. The molecule has 0 bridgehead atoms. The zero-order valence-corrected chi connectivity index (χ0v) is 15.9. The molecule has 1 heterocycles. The molecule has 5 nitrogen and oxygen atoms in total. The molecule has 3 rings (SSSR count). The van der Waals surface area contributed by atoms with Gasteiger partial charge in [0.25, 0.3) is 5.22 Å². The van der Waals surface area contributed by atoms with Crippen molar-refractivity contribution in [3.63, 3.8) is 0 Å². The summed E-state index contributed by atoms with van der Waals surface area (Å²) >= 11 is 7.21. The number of rotatable bonds is 6. The Morgan fingerprint density at radius 2 is 2.15 bits per heavy atom. The number of nitrogens with one attached hydrogen (secondary N) is 1. The zero-order valence-electron chi connectivity index (χ0n) is 14.3. The van der Waals surface area contributed by atoms with E-state index in [1.807, 2.05) is 37.3 Å². The van der Waals surface area contributed by atoms with E-state index in [2.05, 4.69) is 10.3 Å². The summed E-state index contributed by atoms with van der Waals surface area (Å²) in [6.07, 6.45) is 1.62. The molecule has 1 aromatic heterocycles. The highest BCUT2D eigenvalue weighted by molar-refractivity contribution is 7.99. The number of carbonyl (C=O) groups excluding carboxylic acids is 1. The minimum atomic E-state index is -0.165. The number of amides is 1. The Balaban J connectivity index is 1.61. The SMILES string of the molecule is COc1ccc(C)cc1NC(=O)CSc1ncc(-c2cccc(Cl)c2)o1. The second-order valence-corrected chi connectivity index (χ2v) is 6.90. The molecule has 2 aromatic carbocycles. The van der Waals surface area contributed by atoms with Gasteiger partial charge in [-0.3, -0.25) is 4.79 Å². The zero-order chi connectivity index (χ0) is 18.5. The van der Waals surface area contributed by atoms with Crippen LogP contribution in [0.5, 0.6) is 5.75 Å². The van der Waals surface area contributed by atoms with Gasteiger partial charge in [0.05, 0.1) is 24.7 Å². The number of methoxy groups -OCH3 is 1. The van der Waals surface area contributed by atoms with E-state index in [9.17, 15) is 4.79 Å². The second kappa shape index (κ2) is 8.29. The van der Waals surface area contributed by atoms with Gasteiger partial charge in [-0.2, -0.15) is 0 Å². The number of anilines is 1. The van der Waals surface area contributed by atoms with Crippen molar-refractivity contribution in [1.29, 1.82) is 0 Å². The van der Waals surface area contributed by atoms with E-state index in [1.165, 1.54) is 11.8 Å². The third-order valence-electron chi connectivity index (χ3n) is 3.55. The molecule has 0 saturated heterocycles. The number of carbonyl (C=O) groups is 1. The number of ether oxygens (including phenoxy) is 1. The average molecular weight is 389 g/mol. The average Bonchev–Trinajstić information content (AvgIpc) is 3.09. The second-order valence-electron chi connectivity index (χ2n) is 5.54. The van der Waals surface area contributed by atoms with Gasteiger partial charge in [0.2, 0.25) is 5.91 Å². The van der Waals surface area contributed by atoms with Crippen LogP contribution in [0.1, 0.15) is 5.56 Å². The molecule has 0 atom stereocenters. The van der Waals surface area contributed by atoms with Crippen LogP contribution in [0.25, 0.3) is 11.3 Å². The first-order chi connectivity index (χ1) is 12.5. The minimum Gasteiger partial charge on any atom is -0.495 e. The fourth-order valence-corrected chi connectivity index (χ4v) is 3.13. The van der Waals surface area contributed by atoms with Gasteiger partial charge in [-0.05, 0) is 36.8 Å². The van der Waals surface area contributed by atoms with Crippen LogP contribution in [0.15, 0.2) is 58.3 Å². The van der Waals surface area contributed by atoms with Crippen LogP contribution in [0.4, 0.5) is 5.69 Å². The maximum absolute atomic E-state index is 12.2. The van der Waals surface area contributed by atoms with Crippen molar-refractivity contribution in [2.24, 2.45) is 0 Å². The van der Waals surface area contributed by atoms with Crippen molar-refractivity contribution in [3.05, 3.63) is 59.2 Å². The summed E-state index contributed by atoms with van der Waals surface area (Å²) in [4.78, 5) is 16.4. The van der Waals surface area contributed by atoms with Gasteiger partial charge < -0.3 is 14.5 Å². The van der Waals surface area contributed by atoms with Crippen molar-refractivity contribution in [2.45, 2.75) is 12.1 Å². The lowest BCUT2D eigenvalue weighted by Crippen LogP contribution is -2.14. The first kappa shape index (κ1) is 18.4. The highest BCUT2D eigenvalue weighted by atomic mass is 35.5. The van der Waals surface area contributed by atoms with Gasteiger partial charge in [-0.1, -0.05) is 41.6 Å². The minimum absolute atomic E-state index is 0.165. The van der Waals surface area contributed by atoms with Crippen LogP contribution >= 0.6 is 23.4 Å². The smallest absolute Gasteiger partial charge is 0.256 e. The molecule has 26 heavy (non-hydrogen) atoms. The molecule has 0 spiro atoms. The Hall–Kier alpha value is -2.44. The molecule has 0 aliphatic heterocycles. The van der Waals surface area contributed by atoms with Crippen molar-refractivity contribution in [2.75, 3.05) is 18.2 Å². The highest BCUT2D eigenvalue weighted by Crippen LogP contribution is 2.28. The van der Waals surface area contributed by atoms with E-state index in [4.69, 9.17) is 20.8 Å². The number of hydrogen-bond donors (Lipinski definition) is 1. The third-order valence-corrected chi connectivity index (χ3v) is 4.63. The van der Waals surface area contributed by atoms with Gasteiger partial charge in [0, 0.05) is 10.6 Å². The highest BCUT2D eigenvalue weighted by Gasteiger charge is 2.12. The van der Waals surface area contributed by atoms with E-state index in [0.29, 0.717) is 27.4 Å². The number of hydrogen-bond acceptors (Lipinski definition) is 5. The summed E-state index contributed by atoms with van der Waals surface area (Å²) in [7, 11) is 1.57. The molecule has 7 heteroatoms. The van der Waals surface area contributed by atoms with Gasteiger partial charge in [0.15, 0.2) is 5.76 Å². The Labute approximate surface area is 160 Å². The molecule has 1 amide bonds. The normalized spacial score (nSPS) is 10.6. The van der Waals surface area contributed by atoms with Crippen LogP contribution in [0.2, 0.25) is 5.02 Å². The molecule has 0 saturated carbocycles. The largest absolute Gasteiger partial charge is 0.495 e. The summed E-state index contributed by atoms with van der Waals surface area (Å²) in [5.41, 5.74) is 2.52. The summed E-state index contributed by atoms with van der Waals surface area (Å²) in [6.45, 7) is 1.95. The Bertz CT molecular complexity index is 927. The van der Waals surface area contributed by atoms with Crippen LogP contribution in [0.3, 0.4) is 0 Å². The summed E-state index contributed by atoms with van der Waals surface area (Å²) in [5, 5.41) is 3.89. The van der Waals surface area contributed by atoms with Crippen molar-refractivity contribution >= 4 is 35.0 Å². The lowest BCUT2D eigenvalue weighted by Gasteiger charge is -2.10. The number of nitrogens with zero attached hydrogens (tertiary/aromatic N) is 1. The maximum Gasteiger partial charge on any atom is 0.256 e. The Kier molecular flexibility index (Phi) is 5.85. The molecule has 0 aliphatic rings.